The van der Waals surface area contributed by atoms with Crippen LogP contribution < -0.4 is 0 Å². The van der Waals surface area contributed by atoms with Gasteiger partial charge in [-0.1, -0.05) is 24.3 Å². The molecule has 0 saturated heterocycles. The van der Waals surface area contributed by atoms with E-state index in [1.165, 1.54) is 12.1 Å². The molecule has 0 fully saturated rings. The molecule has 0 saturated carbocycles. The molecular formula is C24H34F3N5O3. The van der Waals surface area contributed by atoms with E-state index < -0.39 is 11.7 Å². The molecule has 1 aliphatic rings. The smallest absolute Gasteiger partial charge is 0.394 e. The van der Waals surface area contributed by atoms with Crippen LogP contribution >= 0.6 is 0 Å². The highest BCUT2D eigenvalue weighted by molar-refractivity contribution is 5.76. The van der Waals surface area contributed by atoms with Crippen LogP contribution in [0.5, 0.6) is 0 Å². The number of likely N-dealkylation sites (N-methyl/N-ethyl adjacent to an activating group) is 1. The van der Waals surface area contributed by atoms with Gasteiger partial charge in [0.05, 0.1) is 42.8 Å². The summed E-state index contributed by atoms with van der Waals surface area (Å²) in [4.78, 5) is 16.6. The molecule has 0 aliphatic carbocycles. The second-order valence-electron chi connectivity index (χ2n) is 9.35. The molecular weight excluding hydrogens is 463 g/mol. The van der Waals surface area contributed by atoms with Crippen molar-refractivity contribution in [2.75, 3.05) is 26.7 Å². The molecule has 1 aliphatic heterocycles. The van der Waals surface area contributed by atoms with Gasteiger partial charge in [-0.25, -0.2) is 4.68 Å². The molecule has 2 heterocycles. The van der Waals surface area contributed by atoms with Crippen LogP contribution in [0.3, 0.4) is 0 Å². The molecule has 1 amide bonds. The Bertz CT molecular complexity index is 951. The number of aliphatic hydroxyl groups is 1. The van der Waals surface area contributed by atoms with E-state index in [9.17, 15) is 23.1 Å². The third kappa shape index (κ3) is 7.49. The molecule has 1 aromatic carbocycles. The predicted octanol–water partition coefficient (Wildman–Crippen LogP) is 2.95. The lowest BCUT2D eigenvalue weighted by Gasteiger charge is -2.35. The first-order valence-corrected chi connectivity index (χ1v) is 11.8. The zero-order valence-electron chi connectivity index (χ0n) is 20.4. The van der Waals surface area contributed by atoms with Gasteiger partial charge >= 0.3 is 6.18 Å². The Kier molecular flexibility index (Phi) is 9.26. The molecule has 0 spiro atoms. The molecule has 8 nitrogen and oxygen atoms in total. The maximum absolute atomic E-state index is 12.9. The fraction of sp³-hybridized carbons (Fsp3) is 0.625. The third-order valence-electron chi connectivity index (χ3n) is 6.37. The zero-order chi connectivity index (χ0) is 25.6. The van der Waals surface area contributed by atoms with Crippen LogP contribution in [0.2, 0.25) is 0 Å². The van der Waals surface area contributed by atoms with Crippen LogP contribution in [-0.2, 0) is 35.4 Å². The number of hydrogen-bond acceptors (Lipinski definition) is 6. The Balaban J connectivity index is 1.75. The number of ether oxygens (including phenoxy) is 1. The van der Waals surface area contributed by atoms with Crippen molar-refractivity contribution in [3.05, 3.63) is 47.3 Å². The number of benzene rings is 1. The molecule has 35 heavy (non-hydrogen) atoms. The van der Waals surface area contributed by atoms with Crippen LogP contribution in [0.1, 0.15) is 43.5 Å². The summed E-state index contributed by atoms with van der Waals surface area (Å²) < 4.78 is 46.6. The van der Waals surface area contributed by atoms with Crippen LogP contribution in [0, 0.1) is 5.92 Å². The molecule has 1 N–H and O–H groups in total. The maximum Gasteiger partial charge on any atom is 0.416 e. The molecule has 0 radical (unpaired) electrons. The third-order valence-corrected chi connectivity index (χ3v) is 6.37. The summed E-state index contributed by atoms with van der Waals surface area (Å²) in [7, 11) is 1.88. The summed E-state index contributed by atoms with van der Waals surface area (Å²) in [5.41, 5.74) is 0.906. The molecule has 0 bridgehead atoms. The topological polar surface area (TPSA) is 83.7 Å². The lowest BCUT2D eigenvalue weighted by Crippen LogP contribution is -2.47. The Labute approximate surface area is 203 Å². The average Bonchev–Trinajstić information content (AvgIpc) is 3.25. The first-order valence-electron chi connectivity index (χ1n) is 11.8. The van der Waals surface area contributed by atoms with Gasteiger partial charge in [0.15, 0.2) is 0 Å². The van der Waals surface area contributed by atoms with Gasteiger partial charge in [-0.2, -0.15) is 13.2 Å². The van der Waals surface area contributed by atoms with Crippen LogP contribution in [0.4, 0.5) is 13.2 Å². The van der Waals surface area contributed by atoms with E-state index in [0.717, 1.165) is 23.4 Å². The lowest BCUT2D eigenvalue weighted by molar-refractivity contribution is -0.138. The number of nitrogens with zero attached hydrogens (tertiary/aromatic N) is 5. The number of alkyl halides is 3. The summed E-state index contributed by atoms with van der Waals surface area (Å²) in [6.07, 6.45) is -2.04. The normalized spacial score (nSPS) is 21.4. The van der Waals surface area contributed by atoms with E-state index in [2.05, 4.69) is 10.3 Å². The molecule has 3 rings (SSSR count). The minimum atomic E-state index is -4.36. The van der Waals surface area contributed by atoms with Crippen LogP contribution in [0.15, 0.2) is 30.5 Å². The summed E-state index contributed by atoms with van der Waals surface area (Å²) in [6.45, 7) is 5.90. The number of aliphatic hydroxyl groups excluding tert-OH is 1. The van der Waals surface area contributed by atoms with Gasteiger partial charge < -0.3 is 14.7 Å². The Morgan fingerprint density at radius 2 is 2.00 bits per heavy atom. The van der Waals surface area contributed by atoms with Gasteiger partial charge in [0.2, 0.25) is 5.91 Å². The highest BCUT2D eigenvalue weighted by Crippen LogP contribution is 2.29. The monoisotopic (exact) mass is 497 g/mol. The van der Waals surface area contributed by atoms with Crippen LogP contribution in [0.25, 0.3) is 0 Å². The second kappa shape index (κ2) is 12.0. The fourth-order valence-corrected chi connectivity index (χ4v) is 4.23. The maximum atomic E-state index is 12.9. The summed E-state index contributed by atoms with van der Waals surface area (Å²) in [6, 6.07) is 4.83. The van der Waals surface area contributed by atoms with Crippen molar-refractivity contribution in [2.24, 2.45) is 5.92 Å². The number of aryl methyl sites for hydroxylation is 1. The quantitative estimate of drug-likeness (QED) is 0.661. The van der Waals surface area contributed by atoms with E-state index in [1.807, 2.05) is 25.8 Å². The number of rotatable bonds is 6. The van der Waals surface area contributed by atoms with Crippen molar-refractivity contribution in [3.8, 4) is 0 Å². The molecule has 0 unspecified atom stereocenters. The first-order chi connectivity index (χ1) is 16.6. The van der Waals surface area contributed by atoms with Gasteiger partial charge in [0, 0.05) is 38.5 Å². The average molecular weight is 498 g/mol. The summed E-state index contributed by atoms with van der Waals surface area (Å²) in [5.74, 6) is -0.0933. The standard InChI is InChI=1S/C24H34F3N5O3/c1-17-12-31(18(2)15-33)23(34)5-4-10-32-21(11-28-29-32)16-35-22(17)14-30(3)13-19-6-8-20(9-7-19)24(25,26)27/h6-9,11,17-18,22,33H,4-5,10,12-16H2,1-3H3/t17-,18+,22-/m1/s1. The fourth-order valence-electron chi connectivity index (χ4n) is 4.23. The number of fused-ring (bicyclic) bond motifs is 1. The van der Waals surface area contributed by atoms with E-state index in [-0.39, 0.29) is 30.6 Å². The minimum absolute atomic E-state index is 0.0301. The number of carbonyl (C=O) groups is 1. The largest absolute Gasteiger partial charge is 0.416 e. The SMILES string of the molecule is C[C@@H]1CN([C@@H](C)CO)C(=O)CCCn2nncc2CO[C@@H]1CN(C)Cc1ccc(C(F)(F)F)cc1. The van der Waals surface area contributed by atoms with Crippen molar-refractivity contribution >= 4 is 5.91 Å². The zero-order valence-corrected chi connectivity index (χ0v) is 20.4. The summed E-state index contributed by atoms with van der Waals surface area (Å²) in [5, 5.41) is 17.8. The minimum Gasteiger partial charge on any atom is -0.394 e. The van der Waals surface area contributed by atoms with Crippen molar-refractivity contribution in [2.45, 2.75) is 64.7 Å². The van der Waals surface area contributed by atoms with E-state index in [4.69, 9.17) is 4.74 Å². The second-order valence-corrected chi connectivity index (χ2v) is 9.35. The van der Waals surface area contributed by atoms with Gasteiger partial charge in [0.1, 0.15) is 0 Å². The Morgan fingerprint density at radius 1 is 1.29 bits per heavy atom. The summed E-state index contributed by atoms with van der Waals surface area (Å²) >= 11 is 0. The number of carbonyl (C=O) groups excluding carboxylic acids is 1. The number of amides is 1. The van der Waals surface area contributed by atoms with Crippen LogP contribution in [-0.4, -0.2) is 74.7 Å². The highest BCUT2D eigenvalue weighted by atomic mass is 19.4. The first kappa shape index (κ1) is 27.1. The van der Waals surface area contributed by atoms with Crippen molar-refractivity contribution in [1.82, 2.24) is 24.8 Å². The molecule has 3 atom stereocenters. The van der Waals surface area contributed by atoms with Gasteiger partial charge in [-0.05, 0) is 38.1 Å². The van der Waals surface area contributed by atoms with Crippen molar-refractivity contribution in [1.29, 1.82) is 0 Å². The highest BCUT2D eigenvalue weighted by Gasteiger charge is 2.30. The molecule has 11 heteroatoms. The van der Waals surface area contributed by atoms with Crippen molar-refractivity contribution < 1.29 is 27.8 Å². The number of halogens is 3. The predicted molar refractivity (Wildman–Crippen MR) is 123 cm³/mol. The lowest BCUT2D eigenvalue weighted by atomic mass is 10.0. The van der Waals surface area contributed by atoms with Gasteiger partial charge in [0.25, 0.3) is 0 Å². The molecule has 2 aromatic rings. The Morgan fingerprint density at radius 3 is 2.66 bits per heavy atom. The molecule has 194 valence electrons. The number of aromatic nitrogens is 3. The Hall–Kier alpha value is -2.50. The van der Waals surface area contributed by atoms with Crippen molar-refractivity contribution in [3.63, 3.8) is 0 Å². The van der Waals surface area contributed by atoms with E-state index >= 15 is 0 Å². The van der Waals surface area contributed by atoms with E-state index in [1.54, 1.807) is 15.8 Å². The van der Waals surface area contributed by atoms with Gasteiger partial charge in [-0.3, -0.25) is 9.69 Å². The van der Waals surface area contributed by atoms with Gasteiger partial charge in [-0.15, -0.1) is 5.10 Å². The molecule has 1 aromatic heterocycles. The van der Waals surface area contributed by atoms with E-state index in [0.29, 0.717) is 45.6 Å². The number of hydrogen-bond donors (Lipinski definition) is 1.